The molecule has 0 bridgehead atoms. The van der Waals surface area contributed by atoms with Crippen LogP contribution in [0.5, 0.6) is 0 Å². The Kier molecular flexibility index (Phi) is 8.28. The van der Waals surface area contributed by atoms with Crippen molar-refractivity contribution in [3.8, 4) is 50.7 Å². The third-order valence-electron chi connectivity index (χ3n) is 14.0. The standard InChI is InChI=1S/C64H39N3/c1-2-15-40(16-3-1)44-32-34-61-58(35-44)59-37-56-51-27-11-10-26-50(51)55-36-45(49-28-12-20-41-17-4-7-23-46(41)49)31-33-52(55)57(56)38-62(59)67(61)63-39-60(53-29-13-21-42-18-5-8-24-47(42)53)65-64(66-63)54-30-14-22-43-19-6-9-25-48(43)54/h1-39H. The molecule has 3 nitrogen and oxygen atoms in total. The Labute approximate surface area is 386 Å². The van der Waals surface area contributed by atoms with Crippen LogP contribution in [-0.4, -0.2) is 14.5 Å². The lowest BCUT2D eigenvalue weighted by Gasteiger charge is -2.15. The van der Waals surface area contributed by atoms with Gasteiger partial charge < -0.3 is 0 Å². The van der Waals surface area contributed by atoms with Crippen LogP contribution < -0.4 is 0 Å². The lowest BCUT2D eigenvalue weighted by molar-refractivity contribution is 1.05. The molecule has 0 saturated carbocycles. The predicted octanol–water partition coefficient (Wildman–Crippen LogP) is 17.2. The maximum atomic E-state index is 5.60. The first kappa shape index (κ1) is 37.5. The zero-order valence-electron chi connectivity index (χ0n) is 36.4. The molecular weight excluding hydrogens is 811 g/mol. The summed E-state index contributed by atoms with van der Waals surface area (Å²) in [5, 5.41) is 16.8. The van der Waals surface area contributed by atoms with Crippen LogP contribution in [0.2, 0.25) is 0 Å². The van der Waals surface area contributed by atoms with Crippen molar-refractivity contribution < 1.29 is 0 Å². The molecule has 0 N–H and O–H groups in total. The molecule has 67 heavy (non-hydrogen) atoms. The highest BCUT2D eigenvalue weighted by molar-refractivity contribution is 6.29. The fourth-order valence-corrected chi connectivity index (χ4v) is 10.8. The molecule has 0 fully saturated rings. The number of benzene rings is 12. The van der Waals surface area contributed by atoms with Gasteiger partial charge in [-0.1, -0.05) is 200 Å². The Morgan fingerprint density at radius 2 is 0.746 bits per heavy atom. The van der Waals surface area contributed by atoms with E-state index in [0.29, 0.717) is 5.82 Å². The second kappa shape index (κ2) is 14.8. The minimum Gasteiger partial charge on any atom is -0.294 e. The monoisotopic (exact) mass is 849 g/mol. The molecule has 0 spiro atoms. The molecule has 0 atom stereocenters. The van der Waals surface area contributed by atoms with Gasteiger partial charge in [0.1, 0.15) is 5.82 Å². The fourth-order valence-electron chi connectivity index (χ4n) is 10.8. The van der Waals surface area contributed by atoms with E-state index in [1.807, 2.05) is 0 Å². The van der Waals surface area contributed by atoms with E-state index in [2.05, 4.69) is 241 Å². The van der Waals surface area contributed by atoms with E-state index in [1.165, 1.54) is 81.5 Å². The van der Waals surface area contributed by atoms with Crippen LogP contribution in [0, 0.1) is 0 Å². The minimum absolute atomic E-state index is 0.686. The Morgan fingerprint density at radius 3 is 1.45 bits per heavy atom. The highest BCUT2D eigenvalue weighted by atomic mass is 15.1. The van der Waals surface area contributed by atoms with Crippen LogP contribution >= 0.6 is 0 Å². The summed E-state index contributed by atoms with van der Waals surface area (Å²) in [5.74, 6) is 1.50. The molecule has 3 heteroatoms. The smallest absolute Gasteiger partial charge is 0.162 e. The summed E-state index contributed by atoms with van der Waals surface area (Å²) < 4.78 is 2.38. The third-order valence-corrected chi connectivity index (χ3v) is 14.0. The summed E-state index contributed by atoms with van der Waals surface area (Å²) in [6.45, 7) is 0. The maximum absolute atomic E-state index is 5.60. The number of hydrogen-bond acceptors (Lipinski definition) is 2. The van der Waals surface area contributed by atoms with Crippen LogP contribution in [0.15, 0.2) is 237 Å². The van der Waals surface area contributed by atoms with Crippen LogP contribution in [0.4, 0.5) is 0 Å². The third kappa shape index (κ3) is 5.92. The van der Waals surface area contributed by atoms with Crippen LogP contribution in [0.3, 0.4) is 0 Å². The van der Waals surface area contributed by atoms with E-state index in [9.17, 15) is 0 Å². The quantitative estimate of drug-likeness (QED) is 0.162. The molecule has 0 unspecified atom stereocenters. The van der Waals surface area contributed by atoms with Crippen molar-refractivity contribution in [3.05, 3.63) is 237 Å². The van der Waals surface area contributed by atoms with Gasteiger partial charge in [-0.3, -0.25) is 4.57 Å². The summed E-state index contributed by atoms with van der Waals surface area (Å²) in [6, 6.07) is 86.0. The average molecular weight is 850 g/mol. The summed E-state index contributed by atoms with van der Waals surface area (Å²) in [6.07, 6.45) is 0. The Morgan fingerprint density at radius 1 is 0.254 bits per heavy atom. The number of aromatic nitrogens is 3. The van der Waals surface area contributed by atoms with Gasteiger partial charge in [-0.05, 0) is 117 Å². The molecular formula is C64H39N3. The van der Waals surface area contributed by atoms with Gasteiger partial charge in [0.25, 0.3) is 0 Å². The van der Waals surface area contributed by atoms with Crippen molar-refractivity contribution in [1.82, 2.24) is 14.5 Å². The topological polar surface area (TPSA) is 30.7 Å². The van der Waals surface area contributed by atoms with E-state index in [1.54, 1.807) is 0 Å². The molecule has 0 aliphatic heterocycles. The first-order valence-electron chi connectivity index (χ1n) is 23.0. The Balaban J connectivity index is 1.10. The van der Waals surface area contributed by atoms with Gasteiger partial charge in [0.15, 0.2) is 5.82 Å². The molecule has 12 aromatic carbocycles. The number of hydrogen-bond donors (Lipinski definition) is 0. The highest BCUT2D eigenvalue weighted by Crippen LogP contribution is 2.44. The Bertz CT molecular complexity index is 4220. The molecule has 0 amide bonds. The van der Waals surface area contributed by atoms with Crippen molar-refractivity contribution in [2.45, 2.75) is 0 Å². The van der Waals surface area contributed by atoms with Crippen molar-refractivity contribution in [2.75, 3.05) is 0 Å². The van der Waals surface area contributed by atoms with Gasteiger partial charge in [-0.15, -0.1) is 0 Å². The van der Waals surface area contributed by atoms with Crippen molar-refractivity contribution in [3.63, 3.8) is 0 Å². The van der Waals surface area contributed by atoms with E-state index in [0.717, 1.165) is 49.8 Å². The average Bonchev–Trinajstić information content (AvgIpc) is 3.72. The summed E-state index contributed by atoms with van der Waals surface area (Å²) in [4.78, 5) is 11.0. The van der Waals surface area contributed by atoms with Crippen molar-refractivity contribution in [1.29, 1.82) is 0 Å². The summed E-state index contributed by atoms with van der Waals surface area (Å²) in [7, 11) is 0. The minimum atomic E-state index is 0.686. The number of nitrogens with zero attached hydrogens (tertiary/aromatic N) is 3. The summed E-state index contributed by atoms with van der Waals surface area (Å²) in [5.41, 5.74) is 9.92. The fraction of sp³-hybridized carbons (Fsp3) is 0. The van der Waals surface area contributed by atoms with Crippen molar-refractivity contribution in [2.24, 2.45) is 0 Å². The first-order chi connectivity index (χ1) is 33.2. The van der Waals surface area contributed by atoms with E-state index >= 15 is 0 Å². The SMILES string of the molecule is c1ccc(-c2ccc3c(c2)c2cc4c5ccccc5c5cc(-c6cccc7ccccc67)ccc5c4cc2n3-c2cc(-c3cccc4ccccc34)nc(-c3cccc4ccccc34)n2)cc1. The molecule has 0 saturated heterocycles. The molecule has 2 heterocycles. The predicted molar refractivity (Wildman–Crippen MR) is 283 cm³/mol. The molecule has 14 aromatic rings. The van der Waals surface area contributed by atoms with E-state index in [-0.39, 0.29) is 0 Å². The lowest BCUT2D eigenvalue weighted by atomic mass is 9.90. The van der Waals surface area contributed by atoms with E-state index in [4.69, 9.17) is 9.97 Å². The zero-order chi connectivity index (χ0) is 44.0. The molecule has 0 aliphatic rings. The molecule has 14 rings (SSSR count). The van der Waals surface area contributed by atoms with Gasteiger partial charge >= 0.3 is 0 Å². The second-order valence-electron chi connectivity index (χ2n) is 17.7. The molecule has 310 valence electrons. The van der Waals surface area contributed by atoms with Gasteiger partial charge in [0, 0.05) is 28.0 Å². The maximum Gasteiger partial charge on any atom is 0.162 e. The van der Waals surface area contributed by atoms with Crippen LogP contribution in [0.1, 0.15) is 0 Å². The van der Waals surface area contributed by atoms with Crippen LogP contribution in [0.25, 0.3) is 137 Å². The lowest BCUT2D eigenvalue weighted by Crippen LogP contribution is -2.03. The van der Waals surface area contributed by atoms with Gasteiger partial charge in [-0.25, -0.2) is 9.97 Å². The zero-order valence-corrected chi connectivity index (χ0v) is 36.4. The number of rotatable bonds is 5. The Hall–Kier alpha value is -8.92. The largest absolute Gasteiger partial charge is 0.294 e. The summed E-state index contributed by atoms with van der Waals surface area (Å²) >= 11 is 0. The van der Waals surface area contributed by atoms with Crippen molar-refractivity contribution >= 4 is 86.4 Å². The molecule has 2 aromatic heterocycles. The second-order valence-corrected chi connectivity index (χ2v) is 17.7. The van der Waals surface area contributed by atoms with Gasteiger partial charge in [0.2, 0.25) is 0 Å². The van der Waals surface area contributed by atoms with Crippen LogP contribution in [-0.2, 0) is 0 Å². The molecule has 0 radical (unpaired) electrons. The number of fused-ring (bicyclic) bond motifs is 12. The highest BCUT2D eigenvalue weighted by Gasteiger charge is 2.21. The molecule has 0 aliphatic carbocycles. The normalized spacial score (nSPS) is 11.9. The van der Waals surface area contributed by atoms with Gasteiger partial charge in [0.05, 0.1) is 16.7 Å². The van der Waals surface area contributed by atoms with E-state index < -0.39 is 0 Å². The first-order valence-corrected chi connectivity index (χ1v) is 23.0. The van der Waals surface area contributed by atoms with Gasteiger partial charge in [-0.2, -0.15) is 0 Å².